The van der Waals surface area contributed by atoms with E-state index in [2.05, 4.69) is 15.1 Å². The van der Waals surface area contributed by atoms with Gasteiger partial charge >= 0.3 is 6.55 Å². The van der Waals surface area contributed by atoms with Crippen molar-refractivity contribution < 1.29 is 13.9 Å². The van der Waals surface area contributed by atoms with Gasteiger partial charge in [-0.1, -0.05) is 0 Å². The molecule has 10 heteroatoms. The van der Waals surface area contributed by atoms with Gasteiger partial charge in [-0.25, -0.2) is 9.67 Å². The largest absolute Gasteiger partial charge is 0.394 e. The van der Waals surface area contributed by atoms with Crippen LogP contribution in [0.4, 0.5) is 8.78 Å². The van der Waals surface area contributed by atoms with Gasteiger partial charge < -0.3 is 15.7 Å². The van der Waals surface area contributed by atoms with Crippen molar-refractivity contribution in [2.45, 2.75) is 18.5 Å². The first-order valence-corrected chi connectivity index (χ1v) is 8.55. The number of aromatic nitrogens is 3. The van der Waals surface area contributed by atoms with E-state index in [4.69, 9.17) is 5.73 Å². The third kappa shape index (κ3) is 2.75. The number of nitrogens with zero attached hydrogens (tertiary/aromatic N) is 5. The minimum Gasteiger partial charge on any atom is -0.394 e. The summed E-state index contributed by atoms with van der Waals surface area (Å²) in [7, 11) is 0. The number of aliphatic hydroxyl groups excluding tert-OH is 1. The quantitative estimate of drug-likeness (QED) is 0.851. The second-order valence-electron chi connectivity index (χ2n) is 6.17. The minimum atomic E-state index is -2.69. The Balaban J connectivity index is 1.76. The molecule has 1 fully saturated rings. The lowest BCUT2D eigenvalue weighted by Gasteiger charge is -2.27. The number of alkyl halides is 2. The van der Waals surface area contributed by atoms with Gasteiger partial charge in [-0.2, -0.15) is 13.9 Å². The van der Waals surface area contributed by atoms with Crippen LogP contribution in [-0.2, 0) is 0 Å². The predicted molar refractivity (Wildman–Crippen MR) is 89.2 cm³/mol. The first-order valence-electron chi connectivity index (χ1n) is 7.67. The number of fused-ring (bicyclic) bond motifs is 1. The number of aliphatic hydroxyl groups is 1. The van der Waals surface area contributed by atoms with E-state index in [1.807, 2.05) is 10.3 Å². The van der Waals surface area contributed by atoms with E-state index in [-0.39, 0.29) is 6.61 Å². The van der Waals surface area contributed by atoms with Crippen LogP contribution in [0, 0.1) is 0 Å². The lowest BCUT2D eigenvalue weighted by molar-refractivity contribution is 0.0566. The summed E-state index contributed by atoms with van der Waals surface area (Å²) in [5.41, 5.74) is 7.75. The summed E-state index contributed by atoms with van der Waals surface area (Å²) in [5, 5.41) is 16.0. The summed E-state index contributed by atoms with van der Waals surface area (Å²) in [5.74, 6) is 0.704. The van der Waals surface area contributed by atoms with E-state index >= 15 is 0 Å². The number of nitrogens with two attached hydrogens (primary N) is 1. The summed E-state index contributed by atoms with van der Waals surface area (Å²) in [6.07, 6.45) is 4.85. The van der Waals surface area contributed by atoms with Crippen LogP contribution >= 0.6 is 11.3 Å². The van der Waals surface area contributed by atoms with Gasteiger partial charge in [0.25, 0.3) is 0 Å². The Hall–Kier alpha value is -2.17. The fourth-order valence-corrected chi connectivity index (χ4v) is 3.83. The fraction of sp³-hybridized carbons (Fsp3) is 0.400. The molecule has 0 amide bonds. The third-order valence-corrected chi connectivity index (χ3v) is 5.17. The van der Waals surface area contributed by atoms with Gasteiger partial charge in [0.2, 0.25) is 0 Å². The van der Waals surface area contributed by atoms with Gasteiger partial charge in [-0.3, -0.25) is 4.99 Å². The van der Waals surface area contributed by atoms with Crippen LogP contribution in [0.3, 0.4) is 0 Å². The molecule has 0 aromatic carbocycles. The smallest absolute Gasteiger partial charge is 0.333 e. The maximum atomic E-state index is 12.8. The van der Waals surface area contributed by atoms with Crippen molar-refractivity contribution in [1.29, 1.82) is 0 Å². The minimum absolute atomic E-state index is 0.179. The highest BCUT2D eigenvalue weighted by atomic mass is 32.1. The first-order chi connectivity index (χ1) is 12.0. The van der Waals surface area contributed by atoms with Crippen molar-refractivity contribution >= 4 is 22.7 Å². The average molecular weight is 366 g/mol. The van der Waals surface area contributed by atoms with Crippen molar-refractivity contribution in [3.63, 3.8) is 0 Å². The van der Waals surface area contributed by atoms with Crippen LogP contribution < -0.4 is 5.73 Å². The van der Waals surface area contributed by atoms with Crippen molar-refractivity contribution in [2.24, 2.45) is 10.7 Å². The molecular formula is C15H16F2N6OS. The van der Waals surface area contributed by atoms with Gasteiger partial charge in [0.1, 0.15) is 0 Å². The molecule has 25 heavy (non-hydrogen) atoms. The van der Waals surface area contributed by atoms with Crippen molar-refractivity contribution in [1.82, 2.24) is 19.7 Å². The van der Waals surface area contributed by atoms with Crippen LogP contribution in [0.25, 0.3) is 5.57 Å². The molecule has 0 aliphatic carbocycles. The summed E-state index contributed by atoms with van der Waals surface area (Å²) in [4.78, 5) is 10.8. The summed E-state index contributed by atoms with van der Waals surface area (Å²) in [6.45, 7) is -2.15. The number of thiazole rings is 1. The molecule has 2 aliphatic rings. The Bertz CT molecular complexity index is 846. The van der Waals surface area contributed by atoms with Gasteiger partial charge in [-0.15, -0.1) is 11.3 Å². The Morgan fingerprint density at radius 2 is 2.28 bits per heavy atom. The molecule has 3 N–H and O–H groups in total. The predicted octanol–water partition coefficient (Wildman–Crippen LogP) is 1.30. The standard InChI is InChI=1S/C15H16F2N6OS/c16-14(17)23-6-9(4-21-23)10-5-20-12(13-19-1-2-25-13)22-7-15(18,8-24)3-11(10)22/h1-2,4,6,14,24H,3,5,7-8,18H2. The monoisotopic (exact) mass is 366 g/mol. The molecule has 2 aliphatic heterocycles. The molecule has 2 aromatic rings. The number of amidine groups is 1. The molecule has 1 saturated heterocycles. The zero-order valence-electron chi connectivity index (χ0n) is 13.1. The second kappa shape index (κ2) is 5.97. The highest BCUT2D eigenvalue weighted by molar-refractivity contribution is 7.11. The zero-order chi connectivity index (χ0) is 17.6. The van der Waals surface area contributed by atoms with E-state index in [0.29, 0.717) is 35.6 Å². The molecule has 4 heterocycles. The van der Waals surface area contributed by atoms with Gasteiger partial charge in [0, 0.05) is 47.6 Å². The van der Waals surface area contributed by atoms with Gasteiger partial charge in [0.15, 0.2) is 10.8 Å². The number of hydrogen-bond donors (Lipinski definition) is 2. The van der Waals surface area contributed by atoms with Crippen LogP contribution in [0.15, 0.2) is 34.7 Å². The van der Waals surface area contributed by atoms with E-state index in [0.717, 1.165) is 16.3 Å². The molecule has 0 radical (unpaired) electrons. The van der Waals surface area contributed by atoms with Crippen molar-refractivity contribution in [3.05, 3.63) is 40.2 Å². The molecule has 1 atom stereocenters. The maximum absolute atomic E-state index is 12.8. The Labute approximate surface area is 146 Å². The number of hydrogen-bond acceptors (Lipinski definition) is 7. The molecular weight excluding hydrogens is 350 g/mol. The van der Waals surface area contributed by atoms with Crippen molar-refractivity contribution in [3.8, 4) is 0 Å². The number of halogens is 2. The van der Waals surface area contributed by atoms with Crippen LogP contribution in [0.1, 0.15) is 23.5 Å². The number of aliphatic imine (C=N–C) groups is 1. The zero-order valence-corrected chi connectivity index (χ0v) is 14.0. The van der Waals surface area contributed by atoms with E-state index < -0.39 is 12.1 Å². The number of rotatable bonds is 4. The molecule has 1 unspecified atom stereocenters. The van der Waals surface area contributed by atoms with Crippen LogP contribution in [0.5, 0.6) is 0 Å². The SMILES string of the molecule is NC1(CO)CC2=C(c3cnn(C(F)F)c3)CN=C(c3nccs3)N2C1. The van der Waals surface area contributed by atoms with Crippen LogP contribution in [-0.4, -0.2) is 55.8 Å². The van der Waals surface area contributed by atoms with E-state index in [1.165, 1.54) is 23.7 Å². The maximum Gasteiger partial charge on any atom is 0.333 e. The summed E-state index contributed by atoms with van der Waals surface area (Å²) >= 11 is 1.47. The van der Waals surface area contributed by atoms with Crippen LogP contribution in [0.2, 0.25) is 0 Å². The molecule has 132 valence electrons. The van der Waals surface area contributed by atoms with E-state index in [9.17, 15) is 13.9 Å². The van der Waals surface area contributed by atoms with Gasteiger partial charge in [0.05, 0.1) is 24.9 Å². The topological polar surface area (TPSA) is 92.6 Å². The summed E-state index contributed by atoms with van der Waals surface area (Å²) < 4.78 is 26.3. The highest BCUT2D eigenvalue weighted by Crippen LogP contribution is 2.38. The normalized spacial score (nSPS) is 23.4. The molecule has 0 spiro atoms. The molecule has 4 rings (SSSR count). The molecule has 0 bridgehead atoms. The Kier molecular flexibility index (Phi) is 3.89. The Morgan fingerprint density at radius 1 is 1.44 bits per heavy atom. The van der Waals surface area contributed by atoms with Gasteiger partial charge in [-0.05, 0) is 0 Å². The molecule has 0 saturated carbocycles. The Morgan fingerprint density at radius 3 is 2.92 bits per heavy atom. The van der Waals surface area contributed by atoms with Crippen molar-refractivity contribution in [2.75, 3.05) is 19.7 Å². The third-order valence-electron chi connectivity index (χ3n) is 4.40. The molecule has 2 aromatic heterocycles. The lowest BCUT2D eigenvalue weighted by atomic mass is 9.97. The summed E-state index contributed by atoms with van der Waals surface area (Å²) in [6, 6.07) is 0. The molecule has 7 nitrogen and oxygen atoms in total. The second-order valence-corrected chi connectivity index (χ2v) is 7.07. The van der Waals surface area contributed by atoms with E-state index in [1.54, 1.807) is 6.20 Å². The average Bonchev–Trinajstić information content (AvgIpc) is 3.32. The first kappa shape index (κ1) is 16.3. The highest BCUT2D eigenvalue weighted by Gasteiger charge is 2.43. The fourth-order valence-electron chi connectivity index (χ4n) is 3.18. The lowest BCUT2D eigenvalue weighted by Crippen LogP contribution is -2.47.